The van der Waals surface area contributed by atoms with Crippen LogP contribution in [-0.2, 0) is 4.74 Å². The summed E-state index contributed by atoms with van der Waals surface area (Å²) in [7, 11) is 1.47. The summed E-state index contributed by atoms with van der Waals surface area (Å²) in [4.78, 5) is 10.1. The fourth-order valence-electron chi connectivity index (χ4n) is 1.56. The van der Waals surface area contributed by atoms with Gasteiger partial charge < -0.3 is 14.9 Å². The molecule has 0 aliphatic carbocycles. The van der Waals surface area contributed by atoms with Gasteiger partial charge in [-0.1, -0.05) is 12.1 Å². The van der Waals surface area contributed by atoms with E-state index in [4.69, 9.17) is 4.74 Å². The van der Waals surface area contributed by atoms with Gasteiger partial charge in [-0.25, -0.2) is 0 Å². The van der Waals surface area contributed by atoms with Gasteiger partial charge in [0.1, 0.15) is 0 Å². The van der Waals surface area contributed by atoms with E-state index in [9.17, 15) is 20.3 Å². The minimum Gasteiger partial charge on any atom is -0.390 e. The number of methoxy groups -OCH3 is 1. The molecule has 1 rings (SSSR count). The molecule has 0 aromatic heterocycles. The predicted molar refractivity (Wildman–Crippen MR) is 65.2 cm³/mol. The van der Waals surface area contributed by atoms with E-state index in [1.807, 2.05) is 0 Å². The molecule has 0 fully saturated rings. The molecule has 3 atom stereocenters. The first-order valence-electron chi connectivity index (χ1n) is 5.59. The highest BCUT2D eigenvalue weighted by atomic mass is 16.6. The van der Waals surface area contributed by atoms with E-state index in [1.54, 1.807) is 13.0 Å². The van der Waals surface area contributed by atoms with Crippen LogP contribution in [0.5, 0.6) is 0 Å². The van der Waals surface area contributed by atoms with E-state index in [0.29, 0.717) is 5.56 Å². The molecule has 6 heteroatoms. The van der Waals surface area contributed by atoms with E-state index in [1.165, 1.54) is 25.3 Å². The van der Waals surface area contributed by atoms with Gasteiger partial charge >= 0.3 is 0 Å². The molecule has 1 aromatic rings. The summed E-state index contributed by atoms with van der Waals surface area (Å²) < 4.78 is 4.94. The molecule has 0 aliphatic heterocycles. The Morgan fingerprint density at radius 3 is 2.67 bits per heavy atom. The Morgan fingerprint density at radius 2 is 2.11 bits per heavy atom. The number of nitro groups is 1. The van der Waals surface area contributed by atoms with Crippen LogP contribution < -0.4 is 0 Å². The van der Waals surface area contributed by atoms with Crippen molar-refractivity contribution >= 4 is 5.69 Å². The molecule has 1 aromatic carbocycles. The van der Waals surface area contributed by atoms with Gasteiger partial charge in [0, 0.05) is 25.7 Å². The molecule has 0 saturated carbocycles. The van der Waals surface area contributed by atoms with Crippen LogP contribution in [0.1, 0.15) is 25.0 Å². The molecular formula is C12H17NO5. The zero-order valence-electron chi connectivity index (χ0n) is 10.3. The number of ether oxygens (including phenoxy) is 1. The second-order valence-electron chi connectivity index (χ2n) is 4.11. The van der Waals surface area contributed by atoms with Crippen LogP contribution in [0.3, 0.4) is 0 Å². The molecule has 0 bridgehead atoms. The van der Waals surface area contributed by atoms with Crippen LogP contribution in [0.25, 0.3) is 0 Å². The third kappa shape index (κ3) is 3.76. The molecule has 0 aliphatic rings. The number of hydrogen-bond acceptors (Lipinski definition) is 5. The average molecular weight is 255 g/mol. The van der Waals surface area contributed by atoms with Crippen LogP contribution >= 0.6 is 0 Å². The maximum atomic E-state index is 10.6. The van der Waals surface area contributed by atoms with Gasteiger partial charge in [-0.05, 0) is 12.5 Å². The zero-order chi connectivity index (χ0) is 13.7. The normalized spacial score (nSPS) is 16.0. The van der Waals surface area contributed by atoms with E-state index < -0.39 is 23.2 Å². The SMILES string of the molecule is CO[C@H](C)[C@@H](O)C[C@@H](O)c1cccc([N+](=O)[O-])c1. The van der Waals surface area contributed by atoms with Crippen LogP contribution in [0.15, 0.2) is 24.3 Å². The monoisotopic (exact) mass is 255 g/mol. The van der Waals surface area contributed by atoms with Gasteiger partial charge in [0.2, 0.25) is 0 Å². The van der Waals surface area contributed by atoms with Gasteiger partial charge in [-0.3, -0.25) is 10.1 Å². The van der Waals surface area contributed by atoms with Gasteiger partial charge in [0.25, 0.3) is 5.69 Å². The van der Waals surface area contributed by atoms with E-state index >= 15 is 0 Å². The molecule has 0 amide bonds. The number of aliphatic hydroxyl groups is 2. The Balaban J connectivity index is 2.75. The van der Waals surface area contributed by atoms with Crippen LogP contribution in [0.4, 0.5) is 5.69 Å². The Morgan fingerprint density at radius 1 is 1.44 bits per heavy atom. The van der Waals surface area contributed by atoms with Crippen LogP contribution in [-0.4, -0.2) is 34.5 Å². The van der Waals surface area contributed by atoms with Gasteiger partial charge in [-0.15, -0.1) is 0 Å². The fourth-order valence-corrected chi connectivity index (χ4v) is 1.56. The summed E-state index contributed by atoms with van der Waals surface area (Å²) in [6.07, 6.45) is -2.13. The molecule has 0 unspecified atom stereocenters. The summed E-state index contributed by atoms with van der Waals surface area (Å²) in [6, 6.07) is 5.74. The van der Waals surface area contributed by atoms with Crippen molar-refractivity contribution in [1.29, 1.82) is 0 Å². The van der Waals surface area contributed by atoms with Gasteiger partial charge in [0.15, 0.2) is 0 Å². The number of hydrogen-bond donors (Lipinski definition) is 2. The highest BCUT2D eigenvalue weighted by Gasteiger charge is 2.20. The van der Waals surface area contributed by atoms with Gasteiger partial charge in [0.05, 0.1) is 23.2 Å². The van der Waals surface area contributed by atoms with Crippen molar-refractivity contribution < 1.29 is 19.9 Å². The number of nitro benzene ring substituents is 1. The number of aliphatic hydroxyl groups excluding tert-OH is 2. The number of non-ortho nitro benzene ring substituents is 1. The molecule has 6 nitrogen and oxygen atoms in total. The summed E-state index contributed by atoms with van der Waals surface area (Å²) in [5.74, 6) is 0. The topological polar surface area (TPSA) is 92.8 Å². The summed E-state index contributed by atoms with van der Waals surface area (Å²) >= 11 is 0. The molecule has 2 N–H and O–H groups in total. The van der Waals surface area contributed by atoms with Crippen molar-refractivity contribution in [3.05, 3.63) is 39.9 Å². The average Bonchev–Trinajstić information content (AvgIpc) is 2.37. The third-order valence-corrected chi connectivity index (χ3v) is 2.84. The Hall–Kier alpha value is -1.50. The minimum absolute atomic E-state index is 0.0656. The minimum atomic E-state index is -0.961. The smallest absolute Gasteiger partial charge is 0.269 e. The lowest BCUT2D eigenvalue weighted by Crippen LogP contribution is -2.26. The highest BCUT2D eigenvalue weighted by molar-refractivity contribution is 5.35. The van der Waals surface area contributed by atoms with E-state index in [2.05, 4.69) is 0 Å². The van der Waals surface area contributed by atoms with Crippen LogP contribution in [0.2, 0.25) is 0 Å². The summed E-state index contributed by atoms with van der Waals surface area (Å²) in [5.41, 5.74) is 0.326. The second-order valence-corrected chi connectivity index (χ2v) is 4.11. The number of nitrogens with zero attached hydrogens (tertiary/aromatic N) is 1. The maximum Gasteiger partial charge on any atom is 0.269 e. The molecule has 0 radical (unpaired) electrons. The molecule has 100 valence electrons. The lowest BCUT2D eigenvalue weighted by molar-refractivity contribution is -0.385. The van der Waals surface area contributed by atoms with E-state index in [-0.39, 0.29) is 12.1 Å². The third-order valence-electron chi connectivity index (χ3n) is 2.84. The van der Waals surface area contributed by atoms with Crippen LogP contribution in [0, 0.1) is 10.1 Å². The Labute approximate surface area is 105 Å². The van der Waals surface area contributed by atoms with Crippen molar-refractivity contribution in [3.63, 3.8) is 0 Å². The van der Waals surface area contributed by atoms with E-state index in [0.717, 1.165) is 0 Å². The molecule has 0 saturated heterocycles. The van der Waals surface area contributed by atoms with Crippen molar-refractivity contribution in [3.8, 4) is 0 Å². The zero-order valence-corrected chi connectivity index (χ0v) is 10.3. The summed E-state index contributed by atoms with van der Waals surface area (Å²) in [6.45, 7) is 1.69. The second kappa shape index (κ2) is 6.44. The lowest BCUT2D eigenvalue weighted by atomic mass is 10.0. The molecule has 0 heterocycles. The maximum absolute atomic E-state index is 10.6. The summed E-state index contributed by atoms with van der Waals surface area (Å²) in [5, 5.41) is 30.2. The first-order chi connectivity index (χ1) is 8.45. The Bertz CT molecular complexity index is 409. The standard InChI is InChI=1S/C12H17NO5/c1-8(18-2)11(14)7-12(15)9-4-3-5-10(6-9)13(16)17/h3-6,8,11-12,14-15H,7H2,1-2H3/t8-,11+,12-/m1/s1. The first kappa shape index (κ1) is 14.6. The molecule has 18 heavy (non-hydrogen) atoms. The highest BCUT2D eigenvalue weighted by Crippen LogP contribution is 2.23. The molecule has 0 spiro atoms. The molecular weight excluding hydrogens is 238 g/mol. The predicted octanol–water partition coefficient (Wildman–Crippen LogP) is 1.41. The quantitative estimate of drug-likeness (QED) is 0.592. The largest absolute Gasteiger partial charge is 0.390 e. The van der Waals surface area contributed by atoms with Crippen molar-refractivity contribution in [2.75, 3.05) is 7.11 Å². The van der Waals surface area contributed by atoms with Gasteiger partial charge in [-0.2, -0.15) is 0 Å². The van der Waals surface area contributed by atoms with Crippen molar-refractivity contribution in [1.82, 2.24) is 0 Å². The van der Waals surface area contributed by atoms with Crippen molar-refractivity contribution in [2.45, 2.75) is 31.7 Å². The number of benzene rings is 1. The Kier molecular flexibility index (Phi) is 5.21. The van der Waals surface area contributed by atoms with Crippen molar-refractivity contribution in [2.24, 2.45) is 0 Å². The lowest BCUT2D eigenvalue weighted by Gasteiger charge is -2.20. The fraction of sp³-hybridized carbons (Fsp3) is 0.500. The number of rotatable bonds is 6. The first-order valence-corrected chi connectivity index (χ1v) is 5.59.